The van der Waals surface area contributed by atoms with Crippen molar-refractivity contribution in [3.05, 3.63) is 65.7 Å². The Balaban J connectivity index is 1.66. The number of amides is 1. The van der Waals surface area contributed by atoms with Crippen molar-refractivity contribution in [3.63, 3.8) is 0 Å². The van der Waals surface area contributed by atoms with E-state index in [1.54, 1.807) is 29.2 Å². The number of rotatable bonds is 4. The largest absolute Gasteiger partial charge is 0.338 e. The zero-order chi connectivity index (χ0) is 17.2. The molecule has 1 aliphatic rings. The smallest absolute Gasteiger partial charge is 0.253 e. The SMILES string of the molecule is Cc1ccc(S(=O)(=O)C[C@@H]2CCN(C(=O)c3ccccc3)C2)cc1. The van der Waals surface area contributed by atoms with Gasteiger partial charge in [-0.3, -0.25) is 4.79 Å². The van der Waals surface area contributed by atoms with Gasteiger partial charge in [0, 0.05) is 18.7 Å². The van der Waals surface area contributed by atoms with Crippen LogP contribution in [0.4, 0.5) is 0 Å². The van der Waals surface area contributed by atoms with Gasteiger partial charge in [0.25, 0.3) is 5.91 Å². The van der Waals surface area contributed by atoms with Crippen molar-refractivity contribution in [1.82, 2.24) is 4.90 Å². The Morgan fingerprint density at radius 1 is 1.08 bits per heavy atom. The molecule has 1 atom stereocenters. The molecule has 4 nitrogen and oxygen atoms in total. The van der Waals surface area contributed by atoms with Crippen LogP contribution in [-0.4, -0.2) is 38.1 Å². The Hall–Kier alpha value is -2.14. The third-order valence-electron chi connectivity index (χ3n) is 4.43. The maximum Gasteiger partial charge on any atom is 0.253 e. The molecule has 2 aromatic carbocycles. The Bertz CT molecular complexity index is 813. The van der Waals surface area contributed by atoms with E-state index in [4.69, 9.17) is 0 Å². The Labute approximate surface area is 143 Å². The van der Waals surface area contributed by atoms with Gasteiger partial charge in [0.1, 0.15) is 0 Å². The van der Waals surface area contributed by atoms with Crippen LogP contribution in [-0.2, 0) is 9.84 Å². The van der Waals surface area contributed by atoms with Crippen LogP contribution in [0.15, 0.2) is 59.5 Å². The van der Waals surface area contributed by atoms with Gasteiger partial charge in [-0.05, 0) is 43.5 Å². The van der Waals surface area contributed by atoms with E-state index in [2.05, 4.69) is 0 Å². The summed E-state index contributed by atoms with van der Waals surface area (Å²) in [6, 6.07) is 16.1. The summed E-state index contributed by atoms with van der Waals surface area (Å²) >= 11 is 0. The first-order valence-electron chi connectivity index (χ1n) is 8.09. The fourth-order valence-electron chi connectivity index (χ4n) is 3.07. The minimum atomic E-state index is -3.31. The van der Waals surface area contributed by atoms with Gasteiger partial charge in [0.2, 0.25) is 0 Å². The van der Waals surface area contributed by atoms with Gasteiger partial charge in [0.05, 0.1) is 10.6 Å². The van der Waals surface area contributed by atoms with E-state index in [1.165, 1.54) is 0 Å². The van der Waals surface area contributed by atoms with E-state index in [0.29, 0.717) is 23.5 Å². The molecular formula is C19H21NO3S. The molecule has 1 aliphatic heterocycles. The van der Waals surface area contributed by atoms with Crippen LogP contribution in [0.2, 0.25) is 0 Å². The average molecular weight is 343 g/mol. The molecule has 24 heavy (non-hydrogen) atoms. The average Bonchev–Trinajstić information content (AvgIpc) is 3.03. The highest BCUT2D eigenvalue weighted by Crippen LogP contribution is 2.23. The minimum Gasteiger partial charge on any atom is -0.338 e. The third-order valence-corrected chi connectivity index (χ3v) is 6.33. The molecule has 0 aromatic heterocycles. The lowest BCUT2D eigenvalue weighted by Crippen LogP contribution is -2.29. The molecule has 1 amide bonds. The topological polar surface area (TPSA) is 54.5 Å². The van der Waals surface area contributed by atoms with Gasteiger partial charge >= 0.3 is 0 Å². The summed E-state index contributed by atoms with van der Waals surface area (Å²) in [6.45, 7) is 3.04. The lowest BCUT2D eigenvalue weighted by molar-refractivity contribution is 0.0788. The van der Waals surface area contributed by atoms with Crippen LogP contribution in [0.1, 0.15) is 22.3 Å². The van der Waals surface area contributed by atoms with Crippen molar-refractivity contribution in [2.45, 2.75) is 18.2 Å². The van der Waals surface area contributed by atoms with Crippen LogP contribution >= 0.6 is 0 Å². The van der Waals surface area contributed by atoms with E-state index in [0.717, 1.165) is 12.0 Å². The zero-order valence-corrected chi connectivity index (χ0v) is 14.5. The number of likely N-dealkylation sites (tertiary alicyclic amines) is 1. The maximum atomic E-state index is 12.5. The first-order chi connectivity index (χ1) is 11.5. The van der Waals surface area contributed by atoms with Crippen molar-refractivity contribution in [2.24, 2.45) is 5.92 Å². The van der Waals surface area contributed by atoms with Crippen molar-refractivity contribution in [1.29, 1.82) is 0 Å². The number of nitrogens with zero attached hydrogens (tertiary/aromatic N) is 1. The van der Waals surface area contributed by atoms with Gasteiger partial charge in [-0.15, -0.1) is 0 Å². The first kappa shape index (κ1) is 16.7. The molecule has 0 N–H and O–H groups in total. The molecule has 0 spiro atoms. The van der Waals surface area contributed by atoms with Gasteiger partial charge < -0.3 is 4.90 Å². The summed E-state index contributed by atoms with van der Waals surface area (Å²) in [5.41, 5.74) is 1.69. The summed E-state index contributed by atoms with van der Waals surface area (Å²) < 4.78 is 25.1. The molecular weight excluding hydrogens is 322 g/mol. The van der Waals surface area contributed by atoms with E-state index < -0.39 is 9.84 Å². The highest BCUT2D eigenvalue weighted by atomic mass is 32.2. The van der Waals surface area contributed by atoms with Crippen molar-refractivity contribution >= 4 is 15.7 Å². The fraction of sp³-hybridized carbons (Fsp3) is 0.316. The second-order valence-electron chi connectivity index (χ2n) is 6.37. The molecule has 1 heterocycles. The quantitative estimate of drug-likeness (QED) is 0.858. The van der Waals surface area contributed by atoms with Gasteiger partial charge in [-0.25, -0.2) is 8.42 Å². The third kappa shape index (κ3) is 3.67. The predicted octanol–water partition coefficient (Wildman–Crippen LogP) is 2.93. The molecule has 1 saturated heterocycles. The molecule has 1 fully saturated rings. The predicted molar refractivity (Wildman–Crippen MR) is 93.7 cm³/mol. The molecule has 2 aromatic rings. The zero-order valence-electron chi connectivity index (χ0n) is 13.7. The molecule has 126 valence electrons. The van der Waals surface area contributed by atoms with Crippen molar-refractivity contribution < 1.29 is 13.2 Å². The van der Waals surface area contributed by atoms with Crippen LogP contribution in [0.5, 0.6) is 0 Å². The summed E-state index contributed by atoms with van der Waals surface area (Å²) in [5, 5.41) is 0. The minimum absolute atomic E-state index is 0.0102. The van der Waals surface area contributed by atoms with Crippen molar-refractivity contribution in [2.75, 3.05) is 18.8 Å². The second kappa shape index (κ2) is 6.77. The highest BCUT2D eigenvalue weighted by molar-refractivity contribution is 7.91. The molecule has 0 radical (unpaired) electrons. The van der Waals surface area contributed by atoms with E-state index in [9.17, 15) is 13.2 Å². The standard InChI is InChI=1S/C19H21NO3S/c1-15-7-9-18(10-8-15)24(22,23)14-16-11-12-20(13-16)19(21)17-5-3-2-4-6-17/h2-10,16H,11-14H2,1H3/t16-/m1/s1. The number of carbonyl (C=O) groups excluding carboxylic acids is 1. The Morgan fingerprint density at radius 3 is 2.42 bits per heavy atom. The van der Waals surface area contributed by atoms with Crippen LogP contribution in [0.3, 0.4) is 0 Å². The van der Waals surface area contributed by atoms with Gasteiger partial charge in [-0.1, -0.05) is 35.9 Å². The molecule has 3 rings (SSSR count). The summed E-state index contributed by atoms with van der Waals surface area (Å²) in [4.78, 5) is 14.6. The van der Waals surface area contributed by atoms with Gasteiger partial charge in [-0.2, -0.15) is 0 Å². The molecule has 0 unspecified atom stereocenters. The molecule has 0 saturated carbocycles. The van der Waals surface area contributed by atoms with Crippen LogP contribution in [0.25, 0.3) is 0 Å². The van der Waals surface area contributed by atoms with Crippen LogP contribution in [0, 0.1) is 12.8 Å². The second-order valence-corrected chi connectivity index (χ2v) is 8.40. The number of hydrogen-bond acceptors (Lipinski definition) is 3. The Kier molecular flexibility index (Phi) is 4.71. The van der Waals surface area contributed by atoms with Crippen molar-refractivity contribution in [3.8, 4) is 0 Å². The summed E-state index contributed by atoms with van der Waals surface area (Å²) in [6.07, 6.45) is 0.726. The maximum absolute atomic E-state index is 12.5. The normalized spacial score (nSPS) is 17.9. The summed E-state index contributed by atoms with van der Waals surface area (Å²) in [7, 11) is -3.31. The highest BCUT2D eigenvalue weighted by Gasteiger charge is 2.30. The monoisotopic (exact) mass is 343 g/mol. The number of carbonyl (C=O) groups is 1. The Morgan fingerprint density at radius 2 is 1.75 bits per heavy atom. The summed E-state index contributed by atoms with van der Waals surface area (Å²) in [5.74, 6) is 0.0593. The number of sulfone groups is 1. The van der Waals surface area contributed by atoms with E-state index >= 15 is 0 Å². The van der Waals surface area contributed by atoms with Crippen LogP contribution < -0.4 is 0 Å². The molecule has 5 heteroatoms. The molecule has 0 aliphatic carbocycles. The first-order valence-corrected chi connectivity index (χ1v) is 9.75. The fourth-order valence-corrected chi connectivity index (χ4v) is 4.70. The number of hydrogen-bond donors (Lipinski definition) is 0. The van der Waals surface area contributed by atoms with E-state index in [-0.39, 0.29) is 17.6 Å². The van der Waals surface area contributed by atoms with E-state index in [1.807, 2.05) is 37.3 Å². The lowest BCUT2D eigenvalue weighted by Gasteiger charge is -2.16. The van der Waals surface area contributed by atoms with Gasteiger partial charge in [0.15, 0.2) is 9.84 Å². The lowest BCUT2D eigenvalue weighted by atomic mass is 10.1. The number of benzene rings is 2. The number of aryl methyl sites for hydroxylation is 1. The molecule has 0 bridgehead atoms.